The molecule has 0 bridgehead atoms. The summed E-state index contributed by atoms with van der Waals surface area (Å²) in [7, 11) is 0. The lowest BCUT2D eigenvalue weighted by atomic mass is 9.97. The van der Waals surface area contributed by atoms with E-state index in [4.69, 9.17) is 0 Å². The molecule has 0 N–H and O–H groups in total. The molecule has 0 spiro atoms. The molecule has 1 aliphatic heterocycles. The minimum atomic E-state index is -0.487. The molecule has 0 radical (unpaired) electrons. The number of hydrogen-bond donors (Lipinski definition) is 0. The molecule has 114 valence electrons. The molecule has 6 heteroatoms. The van der Waals surface area contributed by atoms with Gasteiger partial charge in [0.1, 0.15) is 11.6 Å². The Bertz CT molecular complexity index is 548. The van der Waals surface area contributed by atoms with Gasteiger partial charge < -0.3 is 0 Å². The molecule has 1 aromatic carbocycles. The summed E-state index contributed by atoms with van der Waals surface area (Å²) in [6.45, 7) is 2.65. The molecule has 21 heavy (non-hydrogen) atoms. The summed E-state index contributed by atoms with van der Waals surface area (Å²) in [5.74, 6) is -0.364. The van der Waals surface area contributed by atoms with Gasteiger partial charge in [-0.1, -0.05) is 6.42 Å². The third-order valence-electron chi connectivity index (χ3n) is 3.88. The number of carbonyl (C=O) groups is 1. The fourth-order valence-corrected chi connectivity index (χ4v) is 2.91. The van der Waals surface area contributed by atoms with Crippen LogP contribution in [-0.4, -0.2) is 28.2 Å². The second kappa shape index (κ2) is 6.76. The van der Waals surface area contributed by atoms with Gasteiger partial charge in [0.05, 0.1) is 4.92 Å². The molecule has 2 rings (SSSR count). The normalized spacial score (nSPS) is 19.4. The van der Waals surface area contributed by atoms with Crippen LogP contribution in [0.1, 0.15) is 38.2 Å². The van der Waals surface area contributed by atoms with E-state index in [0.29, 0.717) is 18.5 Å². The molecular weight excluding hydrogens is 275 g/mol. The molecule has 1 atom stereocenters. The highest BCUT2D eigenvalue weighted by Crippen LogP contribution is 2.26. The quantitative estimate of drug-likeness (QED) is 0.618. The number of halogens is 1. The first-order valence-corrected chi connectivity index (χ1v) is 7.13. The van der Waals surface area contributed by atoms with Crippen LogP contribution in [0.3, 0.4) is 0 Å². The minimum absolute atomic E-state index is 0.0662. The Morgan fingerprint density at radius 2 is 2.24 bits per heavy atom. The zero-order valence-corrected chi connectivity index (χ0v) is 12.0. The number of nitro benzene ring substituents is 1. The number of likely N-dealkylation sites (tertiary alicyclic amines) is 1. The van der Waals surface area contributed by atoms with Gasteiger partial charge in [-0.2, -0.15) is 0 Å². The van der Waals surface area contributed by atoms with Gasteiger partial charge in [-0.25, -0.2) is 4.39 Å². The third kappa shape index (κ3) is 4.07. The summed E-state index contributed by atoms with van der Waals surface area (Å²) >= 11 is 0. The number of piperidine rings is 1. The number of nitrogens with zero attached hydrogens (tertiary/aromatic N) is 2. The predicted octanol–water partition coefficient (Wildman–Crippen LogP) is 3.07. The second-order valence-electron chi connectivity index (χ2n) is 5.56. The predicted molar refractivity (Wildman–Crippen MR) is 76.4 cm³/mol. The molecule has 0 aliphatic carbocycles. The van der Waals surface area contributed by atoms with Gasteiger partial charge in [0.15, 0.2) is 0 Å². The maximum atomic E-state index is 13.4. The van der Waals surface area contributed by atoms with Crippen LogP contribution >= 0.6 is 0 Å². The average Bonchev–Trinajstić information content (AvgIpc) is 2.40. The van der Waals surface area contributed by atoms with E-state index in [-0.39, 0.29) is 17.5 Å². The second-order valence-corrected chi connectivity index (χ2v) is 5.56. The lowest BCUT2D eigenvalue weighted by molar-refractivity contribution is -0.385. The van der Waals surface area contributed by atoms with Crippen molar-refractivity contribution in [2.24, 2.45) is 0 Å². The van der Waals surface area contributed by atoms with Gasteiger partial charge >= 0.3 is 0 Å². The highest BCUT2D eigenvalue weighted by atomic mass is 19.1. The van der Waals surface area contributed by atoms with Crippen molar-refractivity contribution in [3.05, 3.63) is 39.7 Å². The van der Waals surface area contributed by atoms with Crippen molar-refractivity contribution in [2.45, 2.75) is 45.2 Å². The van der Waals surface area contributed by atoms with Crippen molar-refractivity contribution in [3.8, 4) is 0 Å². The fourth-order valence-electron chi connectivity index (χ4n) is 2.91. The lowest BCUT2D eigenvalue weighted by Crippen LogP contribution is -2.40. The van der Waals surface area contributed by atoms with Gasteiger partial charge in [0.2, 0.25) is 0 Å². The van der Waals surface area contributed by atoms with Crippen molar-refractivity contribution >= 4 is 11.5 Å². The number of carbonyl (C=O) groups excluding carboxylic acids is 1. The van der Waals surface area contributed by atoms with Crippen LogP contribution in [0.15, 0.2) is 18.2 Å². The Morgan fingerprint density at radius 1 is 1.48 bits per heavy atom. The van der Waals surface area contributed by atoms with Crippen LogP contribution in [0.4, 0.5) is 10.1 Å². The largest absolute Gasteiger partial charge is 0.300 e. The smallest absolute Gasteiger partial charge is 0.274 e. The summed E-state index contributed by atoms with van der Waals surface area (Å²) in [6, 6.07) is 3.62. The summed E-state index contributed by atoms with van der Waals surface area (Å²) < 4.78 is 13.4. The molecule has 0 amide bonds. The van der Waals surface area contributed by atoms with Gasteiger partial charge in [0.25, 0.3) is 5.69 Å². The van der Waals surface area contributed by atoms with E-state index in [2.05, 4.69) is 4.90 Å². The minimum Gasteiger partial charge on any atom is -0.300 e. The maximum Gasteiger partial charge on any atom is 0.274 e. The molecule has 5 nitrogen and oxygen atoms in total. The zero-order chi connectivity index (χ0) is 15.4. The third-order valence-corrected chi connectivity index (χ3v) is 3.88. The number of hydrogen-bond acceptors (Lipinski definition) is 4. The Balaban J connectivity index is 2.20. The van der Waals surface area contributed by atoms with E-state index in [0.717, 1.165) is 31.9 Å². The van der Waals surface area contributed by atoms with Gasteiger partial charge in [-0.3, -0.25) is 19.8 Å². The molecule has 1 aliphatic rings. The van der Waals surface area contributed by atoms with Crippen LogP contribution in [-0.2, 0) is 11.3 Å². The van der Waals surface area contributed by atoms with E-state index >= 15 is 0 Å². The standard InChI is InChI=1S/C15H19FN2O3/c1-11(19)8-14-4-2-3-7-17(14)10-12-9-13(16)5-6-15(12)18(20)21/h5-6,9,14H,2-4,7-8,10H2,1H3. The topological polar surface area (TPSA) is 63.5 Å². The highest BCUT2D eigenvalue weighted by molar-refractivity contribution is 5.76. The van der Waals surface area contributed by atoms with Crippen LogP contribution in [0.25, 0.3) is 0 Å². The molecular formula is C15H19FN2O3. The van der Waals surface area contributed by atoms with Crippen molar-refractivity contribution in [2.75, 3.05) is 6.54 Å². The van der Waals surface area contributed by atoms with Crippen LogP contribution in [0, 0.1) is 15.9 Å². The molecule has 1 fully saturated rings. The number of ketones is 1. The zero-order valence-electron chi connectivity index (χ0n) is 12.0. The van der Waals surface area contributed by atoms with Gasteiger partial charge in [-0.05, 0) is 38.4 Å². The number of benzene rings is 1. The van der Waals surface area contributed by atoms with Crippen LogP contribution in [0.2, 0.25) is 0 Å². The number of rotatable bonds is 5. The van der Waals surface area contributed by atoms with Crippen molar-refractivity contribution < 1.29 is 14.1 Å². The molecule has 0 saturated carbocycles. The monoisotopic (exact) mass is 294 g/mol. The number of Topliss-reactive ketones (excluding diaryl/α,β-unsaturated/α-hetero) is 1. The Morgan fingerprint density at radius 3 is 2.90 bits per heavy atom. The highest BCUT2D eigenvalue weighted by Gasteiger charge is 2.26. The van der Waals surface area contributed by atoms with E-state index < -0.39 is 10.7 Å². The fraction of sp³-hybridized carbons (Fsp3) is 0.533. The van der Waals surface area contributed by atoms with Gasteiger partial charge in [-0.15, -0.1) is 0 Å². The Kier molecular flexibility index (Phi) is 5.01. The molecule has 1 saturated heterocycles. The van der Waals surface area contributed by atoms with Crippen molar-refractivity contribution in [3.63, 3.8) is 0 Å². The number of nitro groups is 1. The lowest BCUT2D eigenvalue weighted by Gasteiger charge is -2.35. The SMILES string of the molecule is CC(=O)CC1CCCCN1Cc1cc(F)ccc1[N+](=O)[O-]. The van der Waals surface area contributed by atoms with Crippen molar-refractivity contribution in [1.29, 1.82) is 0 Å². The summed E-state index contributed by atoms with van der Waals surface area (Å²) in [4.78, 5) is 24.0. The van der Waals surface area contributed by atoms with E-state index in [1.165, 1.54) is 12.1 Å². The summed E-state index contributed by atoms with van der Waals surface area (Å²) in [5, 5.41) is 11.0. The summed E-state index contributed by atoms with van der Waals surface area (Å²) in [5.41, 5.74) is 0.305. The first-order valence-electron chi connectivity index (χ1n) is 7.13. The van der Waals surface area contributed by atoms with E-state index in [1.807, 2.05) is 0 Å². The summed E-state index contributed by atoms with van der Waals surface area (Å²) in [6.07, 6.45) is 3.41. The first-order chi connectivity index (χ1) is 9.97. The van der Waals surface area contributed by atoms with E-state index in [9.17, 15) is 19.3 Å². The first kappa shape index (κ1) is 15.6. The molecule has 1 heterocycles. The van der Waals surface area contributed by atoms with E-state index in [1.54, 1.807) is 6.92 Å². The molecule has 0 aromatic heterocycles. The van der Waals surface area contributed by atoms with Gasteiger partial charge in [0, 0.05) is 30.6 Å². The Labute approximate surface area is 122 Å². The maximum absolute atomic E-state index is 13.4. The van der Waals surface area contributed by atoms with Crippen molar-refractivity contribution in [1.82, 2.24) is 4.90 Å². The van der Waals surface area contributed by atoms with Crippen LogP contribution < -0.4 is 0 Å². The molecule has 1 unspecified atom stereocenters. The molecule has 1 aromatic rings. The average molecular weight is 294 g/mol. The van der Waals surface area contributed by atoms with Crippen LogP contribution in [0.5, 0.6) is 0 Å². The Hall–Kier alpha value is -1.82.